The van der Waals surface area contributed by atoms with Crippen molar-refractivity contribution in [2.75, 3.05) is 20.2 Å². The summed E-state index contributed by atoms with van der Waals surface area (Å²) < 4.78 is 4.60. The molecule has 0 aliphatic carbocycles. The van der Waals surface area contributed by atoms with E-state index < -0.39 is 5.97 Å². The first-order chi connectivity index (χ1) is 9.13. The van der Waals surface area contributed by atoms with Crippen molar-refractivity contribution in [1.82, 2.24) is 15.3 Å². The van der Waals surface area contributed by atoms with Crippen molar-refractivity contribution in [3.8, 4) is 0 Å². The van der Waals surface area contributed by atoms with E-state index in [1.807, 2.05) is 0 Å². The number of carbonyl (C=O) groups excluding carboxylic acids is 1. The average molecular weight is 262 g/mol. The van der Waals surface area contributed by atoms with Crippen molar-refractivity contribution in [1.29, 1.82) is 0 Å². The summed E-state index contributed by atoms with van der Waals surface area (Å²) in [5, 5.41) is 3.43. The highest BCUT2D eigenvalue weighted by Crippen LogP contribution is 2.12. The largest absolute Gasteiger partial charge is 0.464 e. The van der Waals surface area contributed by atoms with E-state index in [-0.39, 0.29) is 11.7 Å². The highest BCUT2D eigenvalue weighted by atomic mass is 16.5. The second kappa shape index (κ2) is 5.88. The molecular weight excluding hydrogens is 244 g/mol. The van der Waals surface area contributed by atoms with Gasteiger partial charge in [-0.2, -0.15) is 0 Å². The first-order valence-electron chi connectivity index (χ1n) is 6.32. The molecule has 102 valence electrons. The SMILES string of the molecule is COC(=O)c1cnc(C2=NCCNC2C(C)C)cn1. The van der Waals surface area contributed by atoms with Crippen molar-refractivity contribution in [3.05, 3.63) is 23.8 Å². The van der Waals surface area contributed by atoms with Crippen molar-refractivity contribution in [2.45, 2.75) is 19.9 Å². The van der Waals surface area contributed by atoms with Crippen molar-refractivity contribution in [3.63, 3.8) is 0 Å². The van der Waals surface area contributed by atoms with Crippen LogP contribution in [0.1, 0.15) is 30.0 Å². The van der Waals surface area contributed by atoms with Crippen molar-refractivity contribution < 1.29 is 9.53 Å². The first-order valence-corrected chi connectivity index (χ1v) is 6.32. The van der Waals surface area contributed by atoms with Gasteiger partial charge in [-0.3, -0.25) is 9.98 Å². The molecule has 0 saturated carbocycles. The number of methoxy groups -OCH3 is 1. The smallest absolute Gasteiger partial charge is 0.358 e. The quantitative estimate of drug-likeness (QED) is 0.811. The Morgan fingerprint density at radius 3 is 2.79 bits per heavy atom. The Labute approximate surface area is 112 Å². The summed E-state index contributed by atoms with van der Waals surface area (Å²) >= 11 is 0. The number of aliphatic imine (C=N–C) groups is 1. The normalized spacial score (nSPS) is 19.2. The maximum Gasteiger partial charge on any atom is 0.358 e. The van der Waals surface area contributed by atoms with Gasteiger partial charge in [0.05, 0.1) is 37.8 Å². The maximum atomic E-state index is 11.3. The summed E-state index contributed by atoms with van der Waals surface area (Å²) in [6, 6.07) is 0.173. The lowest BCUT2D eigenvalue weighted by molar-refractivity contribution is 0.0593. The molecule has 6 nitrogen and oxygen atoms in total. The minimum absolute atomic E-state index is 0.173. The van der Waals surface area contributed by atoms with Gasteiger partial charge in [0.15, 0.2) is 5.69 Å². The third-order valence-corrected chi connectivity index (χ3v) is 3.03. The number of ether oxygens (including phenoxy) is 1. The van der Waals surface area contributed by atoms with Crippen LogP contribution < -0.4 is 5.32 Å². The lowest BCUT2D eigenvalue weighted by Gasteiger charge is -2.27. The van der Waals surface area contributed by atoms with Gasteiger partial charge in [0.2, 0.25) is 0 Å². The maximum absolute atomic E-state index is 11.3. The minimum Gasteiger partial charge on any atom is -0.464 e. The molecule has 1 aliphatic heterocycles. The van der Waals surface area contributed by atoms with Crippen LogP contribution >= 0.6 is 0 Å². The Kier molecular flexibility index (Phi) is 4.21. The van der Waals surface area contributed by atoms with Crippen LogP contribution in [0.5, 0.6) is 0 Å². The van der Waals surface area contributed by atoms with Gasteiger partial charge in [0, 0.05) is 6.54 Å². The molecule has 1 N–H and O–H groups in total. The number of carbonyl (C=O) groups is 1. The lowest BCUT2D eigenvalue weighted by Crippen LogP contribution is -2.46. The molecule has 0 amide bonds. The Balaban J connectivity index is 2.26. The summed E-state index contributed by atoms with van der Waals surface area (Å²) in [6.07, 6.45) is 3.00. The van der Waals surface area contributed by atoms with E-state index in [2.05, 4.69) is 38.9 Å². The van der Waals surface area contributed by atoms with E-state index in [9.17, 15) is 4.79 Å². The number of rotatable bonds is 3. The number of nitrogens with zero attached hydrogens (tertiary/aromatic N) is 3. The van der Waals surface area contributed by atoms with E-state index in [4.69, 9.17) is 0 Å². The van der Waals surface area contributed by atoms with Crippen LogP contribution in [0.4, 0.5) is 0 Å². The molecule has 0 radical (unpaired) electrons. The van der Waals surface area contributed by atoms with Crippen LogP contribution in [-0.2, 0) is 4.74 Å². The van der Waals surface area contributed by atoms with E-state index in [0.29, 0.717) is 11.6 Å². The Morgan fingerprint density at radius 1 is 1.42 bits per heavy atom. The van der Waals surface area contributed by atoms with E-state index in [1.165, 1.54) is 13.3 Å². The van der Waals surface area contributed by atoms with Gasteiger partial charge in [-0.1, -0.05) is 13.8 Å². The molecule has 1 unspecified atom stereocenters. The second-order valence-corrected chi connectivity index (χ2v) is 4.72. The van der Waals surface area contributed by atoms with Gasteiger partial charge in [-0.25, -0.2) is 9.78 Å². The van der Waals surface area contributed by atoms with Crippen LogP contribution in [0.3, 0.4) is 0 Å². The van der Waals surface area contributed by atoms with Crippen LogP contribution in [0.2, 0.25) is 0 Å². The zero-order chi connectivity index (χ0) is 13.8. The molecule has 0 aromatic carbocycles. The Hall–Kier alpha value is -1.82. The fourth-order valence-corrected chi connectivity index (χ4v) is 2.05. The van der Waals surface area contributed by atoms with E-state index in [0.717, 1.165) is 18.8 Å². The molecule has 1 atom stereocenters. The molecule has 0 spiro atoms. The number of hydrogen-bond donors (Lipinski definition) is 1. The monoisotopic (exact) mass is 262 g/mol. The number of nitrogens with one attached hydrogen (secondary N) is 1. The van der Waals surface area contributed by atoms with E-state index >= 15 is 0 Å². The zero-order valence-electron chi connectivity index (χ0n) is 11.4. The Morgan fingerprint density at radius 2 is 2.21 bits per heavy atom. The summed E-state index contributed by atoms with van der Waals surface area (Å²) in [5.74, 6) is -0.0655. The molecule has 0 saturated heterocycles. The predicted molar refractivity (Wildman–Crippen MR) is 71.4 cm³/mol. The van der Waals surface area contributed by atoms with E-state index in [1.54, 1.807) is 6.20 Å². The number of esters is 1. The van der Waals surface area contributed by atoms with Gasteiger partial charge in [-0.05, 0) is 5.92 Å². The number of aromatic nitrogens is 2. The molecule has 19 heavy (non-hydrogen) atoms. The average Bonchev–Trinajstić information content (AvgIpc) is 2.46. The standard InChI is InChI=1S/C13H18N4O2/c1-8(2)11-12(15-5-4-14-11)9-6-17-10(7-16-9)13(18)19-3/h6-8,11,14H,4-5H2,1-3H3. The van der Waals surface area contributed by atoms with Crippen LogP contribution in [0.15, 0.2) is 17.4 Å². The van der Waals surface area contributed by atoms with Gasteiger partial charge >= 0.3 is 5.97 Å². The van der Waals surface area contributed by atoms with Crippen LogP contribution in [-0.4, -0.2) is 47.9 Å². The highest BCUT2D eigenvalue weighted by molar-refractivity contribution is 6.03. The third-order valence-electron chi connectivity index (χ3n) is 3.03. The zero-order valence-corrected chi connectivity index (χ0v) is 11.4. The fourth-order valence-electron chi connectivity index (χ4n) is 2.05. The van der Waals surface area contributed by atoms with Gasteiger partial charge < -0.3 is 10.1 Å². The minimum atomic E-state index is -0.483. The fraction of sp³-hybridized carbons (Fsp3) is 0.538. The molecular formula is C13H18N4O2. The highest BCUT2D eigenvalue weighted by Gasteiger charge is 2.24. The molecule has 1 aromatic rings. The van der Waals surface area contributed by atoms with Crippen LogP contribution in [0.25, 0.3) is 0 Å². The molecule has 0 bridgehead atoms. The third kappa shape index (κ3) is 2.96. The van der Waals surface area contributed by atoms with Crippen LogP contribution in [0, 0.1) is 5.92 Å². The second-order valence-electron chi connectivity index (χ2n) is 4.72. The topological polar surface area (TPSA) is 76.5 Å². The summed E-state index contributed by atoms with van der Waals surface area (Å²) in [5.41, 5.74) is 1.82. The number of hydrogen-bond acceptors (Lipinski definition) is 6. The molecule has 0 fully saturated rings. The lowest BCUT2D eigenvalue weighted by atomic mass is 9.96. The molecule has 2 heterocycles. The molecule has 1 aliphatic rings. The summed E-state index contributed by atoms with van der Waals surface area (Å²) in [4.78, 5) is 24.2. The first kappa shape index (κ1) is 13.6. The van der Waals surface area contributed by atoms with Gasteiger partial charge in [0.1, 0.15) is 5.69 Å². The Bertz CT molecular complexity index is 482. The molecule has 1 aromatic heterocycles. The van der Waals surface area contributed by atoms with Gasteiger partial charge in [0.25, 0.3) is 0 Å². The van der Waals surface area contributed by atoms with Crippen molar-refractivity contribution in [2.24, 2.45) is 10.9 Å². The van der Waals surface area contributed by atoms with Gasteiger partial charge in [-0.15, -0.1) is 0 Å². The van der Waals surface area contributed by atoms with Crippen molar-refractivity contribution >= 4 is 11.7 Å². The summed E-state index contributed by atoms with van der Waals surface area (Å²) in [6.45, 7) is 5.88. The summed E-state index contributed by atoms with van der Waals surface area (Å²) in [7, 11) is 1.32. The molecule has 6 heteroatoms. The molecule has 2 rings (SSSR count). The predicted octanol–water partition coefficient (Wildman–Crippen LogP) is 0.680.